The second kappa shape index (κ2) is 6.91. The number of likely N-dealkylation sites (tertiary alicyclic amines) is 2. The van der Waals surface area contributed by atoms with Gasteiger partial charge in [-0.25, -0.2) is 0 Å². The van der Waals surface area contributed by atoms with Crippen LogP contribution in [0.4, 0.5) is 0 Å². The van der Waals surface area contributed by atoms with Crippen LogP contribution in [-0.2, 0) is 19.2 Å². The van der Waals surface area contributed by atoms with Crippen LogP contribution < -0.4 is 0 Å². The number of carbonyl (C=O) groups excluding carboxylic acids is 4. The first-order valence-corrected chi connectivity index (χ1v) is 10.7. The number of hydrogen-bond donors (Lipinski definition) is 0. The molecule has 6 nitrogen and oxygen atoms in total. The molecule has 0 aromatic heterocycles. The first-order chi connectivity index (χ1) is 14.8. The highest BCUT2D eigenvalue weighted by atomic mass is 16.2. The summed E-state index contributed by atoms with van der Waals surface area (Å²) >= 11 is 0. The zero-order chi connectivity index (χ0) is 22.0. The molecule has 4 amide bonds. The molecular weight excluding hydrogens is 392 g/mol. The summed E-state index contributed by atoms with van der Waals surface area (Å²) in [6, 6.07) is 9.54. The van der Waals surface area contributed by atoms with Crippen LogP contribution in [0.1, 0.15) is 25.3 Å². The third kappa shape index (κ3) is 2.72. The number of imide groups is 2. The van der Waals surface area contributed by atoms with Gasteiger partial charge < -0.3 is 0 Å². The normalized spacial score (nSPS) is 34.4. The van der Waals surface area contributed by atoms with Crippen molar-refractivity contribution in [1.29, 1.82) is 0 Å². The molecule has 4 aliphatic rings. The predicted octanol–water partition coefficient (Wildman–Crippen LogP) is 1.86. The lowest BCUT2D eigenvalue weighted by Crippen LogP contribution is -2.44. The van der Waals surface area contributed by atoms with Gasteiger partial charge in [0.25, 0.3) is 0 Å². The van der Waals surface area contributed by atoms with Crippen molar-refractivity contribution in [3.05, 3.63) is 47.0 Å². The largest absolute Gasteiger partial charge is 0.285 e. The number of amides is 4. The molecule has 2 aliphatic heterocycles. The van der Waals surface area contributed by atoms with Crippen LogP contribution in [0.15, 0.2) is 41.5 Å². The van der Waals surface area contributed by atoms with Gasteiger partial charge in [0.1, 0.15) is 0 Å². The van der Waals surface area contributed by atoms with Gasteiger partial charge in [-0.15, -0.1) is 0 Å². The number of hydrogen-bond acceptors (Lipinski definition) is 4. The average molecular weight is 416 g/mol. The summed E-state index contributed by atoms with van der Waals surface area (Å²) in [7, 11) is 3.06. The van der Waals surface area contributed by atoms with E-state index in [1.807, 2.05) is 37.3 Å². The van der Waals surface area contributed by atoms with Crippen molar-refractivity contribution in [3.63, 3.8) is 0 Å². The van der Waals surface area contributed by atoms with E-state index in [1.165, 1.54) is 23.9 Å². The fraction of sp³-hybridized carbons (Fsp3) is 0.440. The summed E-state index contributed by atoms with van der Waals surface area (Å²) in [5, 5.41) is 0. The zero-order valence-corrected chi connectivity index (χ0v) is 17.8. The lowest BCUT2D eigenvalue weighted by atomic mass is 9.57. The maximum absolute atomic E-state index is 13.0. The van der Waals surface area contributed by atoms with Crippen LogP contribution in [0.2, 0.25) is 0 Å². The summed E-state index contributed by atoms with van der Waals surface area (Å²) in [6.45, 7) is 1.98. The number of allylic oxidation sites excluding steroid dienone is 2. The van der Waals surface area contributed by atoms with E-state index >= 15 is 0 Å². The van der Waals surface area contributed by atoms with Gasteiger partial charge in [0, 0.05) is 19.7 Å². The van der Waals surface area contributed by atoms with Gasteiger partial charge >= 0.3 is 0 Å². The topological polar surface area (TPSA) is 74.8 Å². The number of carbonyl (C=O) groups is 4. The van der Waals surface area contributed by atoms with Crippen LogP contribution in [-0.4, -0.2) is 47.5 Å². The van der Waals surface area contributed by atoms with Crippen molar-refractivity contribution in [2.45, 2.75) is 19.8 Å². The molecule has 1 aromatic carbocycles. The summed E-state index contributed by atoms with van der Waals surface area (Å²) in [6.07, 6.45) is 0.925. The first-order valence-electron chi connectivity index (χ1n) is 10.7. The van der Waals surface area contributed by atoms with Crippen molar-refractivity contribution in [3.8, 4) is 11.8 Å². The second-order valence-corrected chi connectivity index (χ2v) is 9.13. The van der Waals surface area contributed by atoms with Gasteiger partial charge in [-0.3, -0.25) is 29.0 Å². The van der Waals surface area contributed by atoms with Crippen LogP contribution in [0.25, 0.3) is 0 Å². The number of rotatable bonds is 0. The third-order valence-electron chi connectivity index (χ3n) is 7.59. The highest BCUT2D eigenvalue weighted by molar-refractivity contribution is 6.07. The summed E-state index contributed by atoms with van der Waals surface area (Å²) in [5.41, 5.74) is 2.87. The molecule has 5 rings (SSSR count). The smallest absolute Gasteiger partial charge is 0.234 e. The molecule has 0 bridgehead atoms. The average Bonchev–Trinajstić information content (AvgIpc) is 3.12. The Morgan fingerprint density at radius 1 is 0.806 bits per heavy atom. The van der Waals surface area contributed by atoms with Crippen LogP contribution in [0.3, 0.4) is 0 Å². The Morgan fingerprint density at radius 3 is 2.10 bits per heavy atom. The Balaban J connectivity index is 1.65. The van der Waals surface area contributed by atoms with E-state index in [0.717, 1.165) is 16.7 Å². The van der Waals surface area contributed by atoms with Crippen molar-refractivity contribution in [2.75, 3.05) is 14.1 Å². The lowest BCUT2D eigenvalue weighted by Gasteiger charge is -2.43. The molecule has 158 valence electrons. The Morgan fingerprint density at radius 2 is 1.42 bits per heavy atom. The Bertz CT molecular complexity index is 1110. The van der Waals surface area contributed by atoms with E-state index in [1.54, 1.807) is 0 Å². The van der Waals surface area contributed by atoms with Crippen molar-refractivity contribution >= 4 is 23.6 Å². The Labute approximate surface area is 181 Å². The zero-order valence-electron chi connectivity index (χ0n) is 17.8. The molecular formula is C25H24N2O4. The van der Waals surface area contributed by atoms with Gasteiger partial charge in [0.2, 0.25) is 23.6 Å². The molecule has 0 radical (unpaired) electrons. The van der Waals surface area contributed by atoms with Crippen LogP contribution >= 0.6 is 0 Å². The van der Waals surface area contributed by atoms with Gasteiger partial charge in [0.05, 0.1) is 29.6 Å². The van der Waals surface area contributed by atoms with E-state index in [-0.39, 0.29) is 35.5 Å². The van der Waals surface area contributed by atoms with E-state index < -0.39 is 23.7 Å². The fourth-order valence-corrected chi connectivity index (χ4v) is 6.15. The van der Waals surface area contributed by atoms with Crippen molar-refractivity contribution in [2.24, 2.45) is 35.5 Å². The molecule has 6 atom stereocenters. The van der Waals surface area contributed by atoms with Crippen molar-refractivity contribution in [1.82, 2.24) is 9.80 Å². The molecule has 2 saturated heterocycles. The minimum atomic E-state index is -0.531. The molecule has 2 heterocycles. The number of fused-ring (bicyclic) bond motifs is 4. The molecule has 6 heteroatoms. The molecule has 2 aliphatic carbocycles. The first kappa shape index (κ1) is 19.7. The fourth-order valence-electron chi connectivity index (χ4n) is 6.15. The molecule has 0 spiro atoms. The Kier molecular flexibility index (Phi) is 4.40. The minimum Gasteiger partial charge on any atom is -0.285 e. The lowest BCUT2D eigenvalue weighted by molar-refractivity contribution is -0.140. The van der Waals surface area contributed by atoms with Gasteiger partial charge in [0.15, 0.2) is 0 Å². The molecule has 0 unspecified atom stereocenters. The summed E-state index contributed by atoms with van der Waals surface area (Å²) in [4.78, 5) is 54.1. The summed E-state index contributed by atoms with van der Waals surface area (Å²) in [5.74, 6) is 3.23. The molecule has 1 saturated carbocycles. The molecule has 0 N–H and O–H groups in total. The quantitative estimate of drug-likeness (QED) is 0.368. The van der Waals surface area contributed by atoms with E-state index in [4.69, 9.17) is 0 Å². The van der Waals surface area contributed by atoms with Gasteiger partial charge in [-0.05, 0) is 37.8 Å². The van der Waals surface area contributed by atoms with Gasteiger partial charge in [-0.1, -0.05) is 41.2 Å². The monoisotopic (exact) mass is 416 g/mol. The Hall–Kier alpha value is -3.20. The minimum absolute atomic E-state index is 0.145. The maximum atomic E-state index is 13.0. The SMILES string of the molecule is CC1=C2[C@@H](C[C@H]3C(=O)N(C)C(=O)[C@H]3[C@H]2C#Cc2ccccc2)[C@H]2C(=O)N(C)C(=O)[C@H]2C1. The highest BCUT2D eigenvalue weighted by Crippen LogP contribution is 2.56. The third-order valence-corrected chi connectivity index (χ3v) is 7.59. The summed E-state index contributed by atoms with van der Waals surface area (Å²) < 4.78 is 0. The molecule has 1 aromatic rings. The van der Waals surface area contributed by atoms with E-state index in [0.29, 0.717) is 12.8 Å². The van der Waals surface area contributed by atoms with E-state index in [9.17, 15) is 19.2 Å². The molecule has 31 heavy (non-hydrogen) atoms. The van der Waals surface area contributed by atoms with Gasteiger partial charge in [-0.2, -0.15) is 0 Å². The maximum Gasteiger partial charge on any atom is 0.234 e. The van der Waals surface area contributed by atoms with Crippen LogP contribution in [0, 0.1) is 47.3 Å². The second-order valence-electron chi connectivity index (χ2n) is 9.13. The number of benzene rings is 1. The standard InChI is InChI=1S/C25H24N2O4/c1-13-11-17-21(25(31)26(2)22(17)28)16-12-18-20(24(30)27(3)23(18)29)15(19(13)16)10-9-14-7-5-4-6-8-14/h4-8,15-18,20-21H,11-12H2,1-3H3/t15-,16+,17-,18+,20-,21+/m0/s1. The number of nitrogens with zero attached hydrogens (tertiary/aromatic N) is 2. The highest BCUT2D eigenvalue weighted by Gasteiger charge is 2.61. The predicted molar refractivity (Wildman–Crippen MR) is 112 cm³/mol. The van der Waals surface area contributed by atoms with Crippen molar-refractivity contribution < 1.29 is 19.2 Å². The van der Waals surface area contributed by atoms with E-state index in [2.05, 4.69) is 11.8 Å². The molecule has 3 fully saturated rings. The van der Waals surface area contributed by atoms with Crippen LogP contribution in [0.5, 0.6) is 0 Å².